The van der Waals surface area contributed by atoms with E-state index in [-0.39, 0.29) is 36.6 Å². The van der Waals surface area contributed by atoms with Gasteiger partial charge in [-0.05, 0) is 18.6 Å². The second-order valence-corrected chi connectivity index (χ2v) is 7.83. The van der Waals surface area contributed by atoms with Crippen LogP contribution < -0.4 is 5.32 Å². The number of rotatable bonds is 5. The van der Waals surface area contributed by atoms with E-state index >= 15 is 0 Å². The van der Waals surface area contributed by atoms with Gasteiger partial charge in [0.25, 0.3) is 5.92 Å². The third kappa shape index (κ3) is 4.25. The predicted molar refractivity (Wildman–Crippen MR) is 104 cm³/mol. The molecule has 0 radical (unpaired) electrons. The number of aryl methyl sites for hydroxylation is 1. The van der Waals surface area contributed by atoms with Crippen molar-refractivity contribution in [1.82, 2.24) is 15.2 Å². The Labute approximate surface area is 180 Å². The second kappa shape index (κ2) is 8.61. The maximum absolute atomic E-state index is 14.4. The topological polar surface area (TPSA) is 49.8 Å². The third-order valence-electron chi connectivity index (χ3n) is 5.45. The fourth-order valence-corrected chi connectivity index (χ4v) is 3.96. The smallest absolute Gasteiger partial charge is 0.281 e. The molecule has 1 fully saturated rings. The highest BCUT2D eigenvalue weighted by atomic mass is 19.3. The molecule has 1 aromatic carbocycles. The van der Waals surface area contributed by atoms with E-state index in [4.69, 9.17) is 4.84 Å². The molecule has 172 valence electrons. The summed E-state index contributed by atoms with van der Waals surface area (Å²) in [5, 5.41) is 6.37. The monoisotopic (exact) mass is 458 g/mol. The van der Waals surface area contributed by atoms with Crippen LogP contribution in [0.3, 0.4) is 0 Å². The fraction of sp³-hybridized carbons (Fsp3) is 0.429. The minimum Gasteiger partial charge on any atom is -0.384 e. The highest BCUT2D eigenvalue weighted by molar-refractivity contribution is 5.84. The van der Waals surface area contributed by atoms with Crippen molar-refractivity contribution in [1.29, 1.82) is 0 Å². The lowest BCUT2D eigenvalue weighted by Crippen LogP contribution is -2.44. The van der Waals surface area contributed by atoms with Crippen molar-refractivity contribution >= 4 is 5.84 Å². The highest BCUT2D eigenvalue weighted by Crippen LogP contribution is 2.38. The van der Waals surface area contributed by atoms with Crippen LogP contribution in [0.5, 0.6) is 0 Å². The molecule has 3 heterocycles. The van der Waals surface area contributed by atoms with Gasteiger partial charge in [-0.1, -0.05) is 5.16 Å². The normalized spacial score (nSPS) is 22.2. The predicted octanol–water partition coefficient (Wildman–Crippen LogP) is 4.13. The Hall–Kier alpha value is -2.82. The molecule has 2 atom stereocenters. The van der Waals surface area contributed by atoms with Crippen LogP contribution in [0.1, 0.15) is 23.8 Å². The molecule has 5 nitrogen and oxygen atoms in total. The van der Waals surface area contributed by atoms with Crippen molar-refractivity contribution in [2.45, 2.75) is 31.4 Å². The Morgan fingerprint density at radius 2 is 1.91 bits per heavy atom. The second-order valence-electron chi connectivity index (χ2n) is 7.83. The lowest BCUT2D eigenvalue weighted by molar-refractivity contribution is -0.00745. The van der Waals surface area contributed by atoms with Gasteiger partial charge in [-0.15, -0.1) is 0 Å². The van der Waals surface area contributed by atoms with Gasteiger partial charge in [-0.2, -0.15) is 0 Å². The summed E-state index contributed by atoms with van der Waals surface area (Å²) in [6.07, 6.45) is 0.635. The first-order valence-electron chi connectivity index (χ1n) is 9.96. The Morgan fingerprint density at radius 1 is 1.19 bits per heavy atom. The van der Waals surface area contributed by atoms with Crippen LogP contribution in [0.15, 0.2) is 29.6 Å². The van der Waals surface area contributed by atoms with Gasteiger partial charge in [0.15, 0.2) is 6.10 Å². The van der Waals surface area contributed by atoms with Gasteiger partial charge < -0.3 is 15.1 Å². The number of oxime groups is 1. The van der Waals surface area contributed by atoms with Gasteiger partial charge in [0.05, 0.1) is 30.3 Å². The van der Waals surface area contributed by atoms with Crippen LogP contribution in [0.2, 0.25) is 0 Å². The molecule has 0 unspecified atom stereocenters. The number of nitrogens with zero attached hydrogens (tertiary/aromatic N) is 3. The number of likely N-dealkylation sites (tertiary alicyclic amines) is 1. The van der Waals surface area contributed by atoms with E-state index in [0.29, 0.717) is 17.7 Å². The Kier molecular flexibility index (Phi) is 6.02. The summed E-state index contributed by atoms with van der Waals surface area (Å²) in [7, 11) is 0. The van der Waals surface area contributed by atoms with E-state index in [0.717, 1.165) is 0 Å². The zero-order valence-corrected chi connectivity index (χ0v) is 17.0. The summed E-state index contributed by atoms with van der Waals surface area (Å²) in [6.45, 7) is -0.00522. The molecule has 2 aliphatic heterocycles. The number of nitrogens with one attached hydrogen (secondary N) is 1. The number of hydrogen-bond acceptors (Lipinski definition) is 5. The van der Waals surface area contributed by atoms with Gasteiger partial charge in [0.1, 0.15) is 30.0 Å². The molecule has 0 bridgehead atoms. The van der Waals surface area contributed by atoms with E-state index in [2.05, 4.69) is 15.5 Å². The molecule has 32 heavy (non-hydrogen) atoms. The minimum atomic E-state index is -3.09. The maximum atomic E-state index is 14.4. The van der Waals surface area contributed by atoms with Crippen molar-refractivity contribution in [2.75, 3.05) is 26.3 Å². The van der Waals surface area contributed by atoms with Crippen molar-refractivity contribution in [3.05, 3.63) is 53.1 Å². The first kappa shape index (κ1) is 22.4. The SMILES string of the molecule is Cc1cnc([C@@H]2CC(N3C[C@@H](NCCF)C(F)(F)C3)=NO2)c(-c2c(F)cc(F)cc2F)c1. The lowest BCUT2D eigenvalue weighted by Gasteiger charge is -2.17. The molecule has 0 spiro atoms. The number of amidine groups is 1. The van der Waals surface area contributed by atoms with Gasteiger partial charge in [-0.3, -0.25) is 4.98 Å². The number of hydrogen-bond donors (Lipinski definition) is 1. The average Bonchev–Trinajstić information content (AvgIpc) is 3.30. The van der Waals surface area contributed by atoms with Crippen LogP contribution in [-0.4, -0.2) is 54.0 Å². The summed E-state index contributed by atoms with van der Waals surface area (Å²) in [5.74, 6) is -6.12. The largest absolute Gasteiger partial charge is 0.384 e. The highest BCUT2D eigenvalue weighted by Gasteiger charge is 2.49. The number of pyridine rings is 1. The Morgan fingerprint density at radius 3 is 2.59 bits per heavy atom. The third-order valence-corrected chi connectivity index (χ3v) is 5.45. The molecule has 1 N–H and O–H groups in total. The summed E-state index contributed by atoms with van der Waals surface area (Å²) < 4.78 is 83.2. The van der Waals surface area contributed by atoms with E-state index in [1.54, 1.807) is 6.92 Å². The van der Waals surface area contributed by atoms with Gasteiger partial charge >= 0.3 is 0 Å². The molecular formula is C21H20F6N4O. The van der Waals surface area contributed by atoms with E-state index < -0.39 is 54.3 Å². The molecule has 0 aliphatic carbocycles. The van der Waals surface area contributed by atoms with E-state index in [1.165, 1.54) is 17.2 Å². The molecule has 1 aromatic heterocycles. The maximum Gasteiger partial charge on any atom is 0.281 e. The lowest BCUT2D eigenvalue weighted by atomic mass is 9.97. The van der Waals surface area contributed by atoms with Crippen LogP contribution >= 0.6 is 0 Å². The standard InChI is InChI=1S/C21H20F6N4O/c1-11-4-13(19-14(24)5-12(23)6-15(19)25)20(29-8-11)16-7-18(30-32-16)31-9-17(28-3-2-22)21(26,27)10-31/h4-6,8,16-17,28H,2-3,7,9-10H2,1H3/t16-,17+/m0/s1. The average molecular weight is 458 g/mol. The molecule has 11 heteroatoms. The molecular weight excluding hydrogens is 438 g/mol. The summed E-state index contributed by atoms with van der Waals surface area (Å²) in [6, 6.07) is 1.39. The molecule has 2 aliphatic rings. The fourth-order valence-electron chi connectivity index (χ4n) is 3.96. The van der Waals surface area contributed by atoms with Crippen LogP contribution in [-0.2, 0) is 4.84 Å². The van der Waals surface area contributed by atoms with E-state index in [9.17, 15) is 26.3 Å². The van der Waals surface area contributed by atoms with Crippen LogP contribution in [0.4, 0.5) is 26.3 Å². The number of alkyl halides is 3. The van der Waals surface area contributed by atoms with Crippen LogP contribution in [0, 0.1) is 24.4 Å². The van der Waals surface area contributed by atoms with Gasteiger partial charge in [-0.25, -0.2) is 26.3 Å². The Bertz CT molecular complexity index is 1020. The van der Waals surface area contributed by atoms with Crippen molar-refractivity contribution in [3.8, 4) is 11.1 Å². The Balaban J connectivity index is 1.58. The number of benzene rings is 1. The van der Waals surface area contributed by atoms with Crippen molar-refractivity contribution < 1.29 is 31.2 Å². The quantitative estimate of drug-likeness (QED) is 0.685. The summed E-state index contributed by atoms with van der Waals surface area (Å²) >= 11 is 0. The first-order valence-corrected chi connectivity index (χ1v) is 9.96. The molecule has 1 saturated heterocycles. The van der Waals surface area contributed by atoms with Crippen molar-refractivity contribution in [2.24, 2.45) is 5.16 Å². The summed E-state index contributed by atoms with van der Waals surface area (Å²) in [4.78, 5) is 11.0. The zero-order chi connectivity index (χ0) is 23.0. The molecule has 2 aromatic rings. The number of halogens is 6. The molecule has 0 saturated carbocycles. The minimum absolute atomic E-state index is 0.0411. The number of aromatic nitrogens is 1. The van der Waals surface area contributed by atoms with Gasteiger partial charge in [0.2, 0.25) is 0 Å². The van der Waals surface area contributed by atoms with Gasteiger partial charge in [0, 0.05) is 37.0 Å². The summed E-state index contributed by atoms with van der Waals surface area (Å²) in [5.41, 5.74) is 0.359. The van der Waals surface area contributed by atoms with E-state index in [1.807, 2.05) is 0 Å². The molecule has 0 amide bonds. The van der Waals surface area contributed by atoms with Crippen molar-refractivity contribution in [3.63, 3.8) is 0 Å². The zero-order valence-electron chi connectivity index (χ0n) is 17.0. The molecule has 4 rings (SSSR count). The van der Waals surface area contributed by atoms with Crippen LogP contribution in [0.25, 0.3) is 11.1 Å². The first-order chi connectivity index (χ1) is 15.2.